The summed E-state index contributed by atoms with van der Waals surface area (Å²) in [6, 6.07) is 10.4. The van der Waals surface area contributed by atoms with Crippen molar-refractivity contribution in [2.24, 2.45) is 0 Å². The zero-order valence-electron chi connectivity index (χ0n) is 14.0. The maximum Gasteiger partial charge on any atom is 0.416 e. The first-order valence-electron chi connectivity index (χ1n) is 8.08. The molecule has 2 aromatic carbocycles. The second-order valence-electron chi connectivity index (χ2n) is 5.88. The lowest BCUT2D eigenvalue weighted by atomic mass is 10.1. The fraction of sp³-hybridized carbons (Fsp3) is 0.211. The van der Waals surface area contributed by atoms with Gasteiger partial charge in [-0.2, -0.15) is 13.2 Å². The number of fused-ring (bicyclic) bond motifs is 1. The summed E-state index contributed by atoms with van der Waals surface area (Å²) in [6.45, 7) is -0.0926. The van der Waals surface area contributed by atoms with Crippen molar-refractivity contribution in [2.75, 3.05) is 13.2 Å². The van der Waals surface area contributed by atoms with E-state index in [1.165, 1.54) is 6.07 Å². The summed E-state index contributed by atoms with van der Waals surface area (Å²) < 4.78 is 43.0. The van der Waals surface area contributed by atoms with E-state index in [1.807, 2.05) is 0 Å². The van der Waals surface area contributed by atoms with Gasteiger partial charge >= 0.3 is 12.1 Å². The molecule has 0 atom stereocenters. The zero-order chi connectivity index (χ0) is 19.6. The van der Waals surface area contributed by atoms with Gasteiger partial charge in [0.2, 0.25) is 0 Å². The summed E-state index contributed by atoms with van der Waals surface area (Å²) in [5, 5.41) is 0. The van der Waals surface area contributed by atoms with Crippen molar-refractivity contribution in [2.45, 2.75) is 12.6 Å². The molecule has 27 heavy (non-hydrogen) atoms. The normalized spacial score (nSPS) is 13.7. The van der Waals surface area contributed by atoms with E-state index in [-0.39, 0.29) is 25.1 Å². The van der Waals surface area contributed by atoms with Gasteiger partial charge < -0.3 is 4.74 Å². The van der Waals surface area contributed by atoms with E-state index in [0.717, 1.165) is 17.0 Å². The molecule has 1 aliphatic rings. The summed E-state index contributed by atoms with van der Waals surface area (Å²) in [7, 11) is 0. The van der Waals surface area contributed by atoms with Crippen LogP contribution in [0.3, 0.4) is 0 Å². The van der Waals surface area contributed by atoms with Gasteiger partial charge in [-0.25, -0.2) is 4.79 Å². The van der Waals surface area contributed by atoms with Crippen molar-refractivity contribution in [3.05, 3.63) is 70.8 Å². The smallest absolute Gasteiger partial charge is 0.416 e. The number of esters is 1. The number of benzene rings is 2. The minimum atomic E-state index is -4.55. The summed E-state index contributed by atoms with van der Waals surface area (Å²) in [6.07, 6.45) is -4.38. The molecule has 0 fully saturated rings. The first kappa shape index (κ1) is 18.6. The van der Waals surface area contributed by atoms with E-state index >= 15 is 0 Å². The van der Waals surface area contributed by atoms with Crippen molar-refractivity contribution in [1.82, 2.24) is 4.90 Å². The molecule has 0 aliphatic carbocycles. The van der Waals surface area contributed by atoms with E-state index in [0.29, 0.717) is 17.2 Å². The summed E-state index contributed by atoms with van der Waals surface area (Å²) in [4.78, 5) is 37.3. The number of carbonyl (C=O) groups is 3. The highest BCUT2D eigenvalue weighted by Gasteiger charge is 2.34. The van der Waals surface area contributed by atoms with Crippen LogP contribution in [-0.2, 0) is 10.9 Å². The van der Waals surface area contributed by atoms with Gasteiger partial charge in [0, 0.05) is 6.54 Å². The molecule has 1 aliphatic heterocycles. The lowest BCUT2D eigenvalue weighted by Crippen LogP contribution is -2.31. The first-order chi connectivity index (χ1) is 12.8. The fourth-order valence-corrected chi connectivity index (χ4v) is 2.74. The molecule has 0 bridgehead atoms. The van der Waals surface area contributed by atoms with Crippen molar-refractivity contribution in [1.29, 1.82) is 0 Å². The van der Waals surface area contributed by atoms with Crippen LogP contribution in [0.15, 0.2) is 48.5 Å². The van der Waals surface area contributed by atoms with E-state index in [9.17, 15) is 27.6 Å². The highest BCUT2D eigenvalue weighted by Crippen LogP contribution is 2.29. The number of halogens is 3. The van der Waals surface area contributed by atoms with Crippen LogP contribution in [0.2, 0.25) is 0 Å². The number of hydrogen-bond donors (Lipinski definition) is 0. The van der Waals surface area contributed by atoms with Gasteiger partial charge in [-0.05, 0) is 36.8 Å². The van der Waals surface area contributed by atoms with Gasteiger partial charge in [0.15, 0.2) is 0 Å². The predicted octanol–water partition coefficient (Wildman–Crippen LogP) is 3.55. The molecular formula is C19H14F3NO4. The lowest BCUT2D eigenvalue weighted by Gasteiger charge is -2.13. The maximum atomic E-state index is 12.7. The molecule has 0 unspecified atom stereocenters. The van der Waals surface area contributed by atoms with Gasteiger partial charge in [0.25, 0.3) is 11.8 Å². The topological polar surface area (TPSA) is 63.7 Å². The summed E-state index contributed by atoms with van der Waals surface area (Å²) >= 11 is 0. The van der Waals surface area contributed by atoms with Crippen LogP contribution in [-0.4, -0.2) is 35.8 Å². The monoisotopic (exact) mass is 377 g/mol. The lowest BCUT2D eigenvalue weighted by molar-refractivity contribution is -0.137. The molecular weight excluding hydrogens is 363 g/mol. The molecule has 2 aromatic rings. The third-order valence-corrected chi connectivity index (χ3v) is 4.06. The molecule has 0 saturated heterocycles. The number of amides is 2. The predicted molar refractivity (Wildman–Crippen MR) is 88.2 cm³/mol. The third kappa shape index (κ3) is 3.84. The average molecular weight is 377 g/mol. The summed E-state index contributed by atoms with van der Waals surface area (Å²) in [5.74, 6) is -1.73. The van der Waals surface area contributed by atoms with Gasteiger partial charge in [0.1, 0.15) is 0 Å². The van der Waals surface area contributed by atoms with Gasteiger partial charge in [-0.1, -0.05) is 18.2 Å². The Bertz CT molecular complexity index is 873. The minimum absolute atomic E-state index is 0.0439. The van der Waals surface area contributed by atoms with Crippen molar-refractivity contribution in [3.8, 4) is 0 Å². The Morgan fingerprint density at radius 2 is 1.59 bits per heavy atom. The highest BCUT2D eigenvalue weighted by atomic mass is 19.4. The molecule has 0 aromatic heterocycles. The highest BCUT2D eigenvalue weighted by molar-refractivity contribution is 6.21. The van der Waals surface area contributed by atoms with Crippen molar-refractivity contribution < 1.29 is 32.3 Å². The molecule has 3 rings (SSSR count). The summed E-state index contributed by atoms with van der Waals surface area (Å²) in [5.41, 5.74) is -0.513. The van der Waals surface area contributed by atoms with E-state index in [1.54, 1.807) is 24.3 Å². The number of nitrogens with zero attached hydrogens (tertiary/aromatic N) is 1. The Labute approximate surface area is 152 Å². The van der Waals surface area contributed by atoms with E-state index in [4.69, 9.17) is 4.74 Å². The van der Waals surface area contributed by atoms with Crippen molar-refractivity contribution in [3.63, 3.8) is 0 Å². The Kier molecular flexibility index (Phi) is 4.98. The number of ether oxygens (including phenoxy) is 1. The molecule has 2 amide bonds. The Morgan fingerprint density at radius 1 is 0.963 bits per heavy atom. The molecule has 0 N–H and O–H groups in total. The molecule has 0 spiro atoms. The molecule has 8 heteroatoms. The molecule has 1 heterocycles. The standard InChI is InChI=1S/C19H14F3NO4/c20-19(21,22)13-6-3-5-12(11-13)18(26)27-10-4-9-23-16(24)14-7-1-2-8-15(14)17(23)25/h1-3,5-8,11H,4,9-10H2. The van der Waals surface area contributed by atoms with Crippen LogP contribution in [0.4, 0.5) is 13.2 Å². The maximum absolute atomic E-state index is 12.7. The number of alkyl halides is 3. The second kappa shape index (κ2) is 7.22. The number of hydrogen-bond acceptors (Lipinski definition) is 4. The average Bonchev–Trinajstić information content (AvgIpc) is 2.89. The van der Waals surface area contributed by atoms with Crippen LogP contribution in [0.5, 0.6) is 0 Å². The molecule has 0 radical (unpaired) electrons. The molecule has 0 saturated carbocycles. The SMILES string of the molecule is O=C(OCCCN1C(=O)c2ccccc2C1=O)c1cccc(C(F)(F)F)c1. The van der Waals surface area contributed by atoms with Crippen molar-refractivity contribution >= 4 is 17.8 Å². The largest absolute Gasteiger partial charge is 0.462 e. The fourth-order valence-electron chi connectivity index (χ4n) is 2.74. The Morgan fingerprint density at radius 3 is 2.19 bits per heavy atom. The zero-order valence-corrected chi connectivity index (χ0v) is 14.0. The number of carbonyl (C=O) groups excluding carboxylic acids is 3. The first-order valence-corrected chi connectivity index (χ1v) is 8.08. The van der Waals surface area contributed by atoms with Gasteiger partial charge in [-0.15, -0.1) is 0 Å². The van der Waals surface area contributed by atoms with Gasteiger partial charge in [-0.3, -0.25) is 14.5 Å². The number of rotatable bonds is 5. The van der Waals surface area contributed by atoms with Crippen LogP contribution >= 0.6 is 0 Å². The quantitative estimate of drug-likeness (QED) is 0.454. The Balaban J connectivity index is 1.53. The van der Waals surface area contributed by atoms with E-state index in [2.05, 4.69) is 0 Å². The minimum Gasteiger partial charge on any atom is -0.462 e. The van der Waals surface area contributed by atoms with Crippen LogP contribution in [0.25, 0.3) is 0 Å². The Hall–Kier alpha value is -3.16. The van der Waals surface area contributed by atoms with E-state index < -0.39 is 29.5 Å². The van der Waals surface area contributed by atoms with Gasteiger partial charge in [0.05, 0.1) is 28.9 Å². The number of imide groups is 1. The molecule has 140 valence electrons. The van der Waals surface area contributed by atoms with Crippen LogP contribution in [0.1, 0.15) is 43.1 Å². The van der Waals surface area contributed by atoms with Crippen LogP contribution < -0.4 is 0 Å². The second-order valence-corrected chi connectivity index (χ2v) is 5.88. The molecule has 5 nitrogen and oxygen atoms in total. The van der Waals surface area contributed by atoms with Crippen LogP contribution in [0, 0.1) is 0 Å². The third-order valence-electron chi connectivity index (χ3n) is 4.06.